The molecular weight excluding hydrogens is 453 g/mol. The van der Waals surface area contributed by atoms with E-state index in [2.05, 4.69) is 121 Å². The number of quaternary nitrogens is 1. The van der Waals surface area contributed by atoms with Crippen LogP contribution < -0.4 is 28.5 Å². The third-order valence-electron chi connectivity index (χ3n) is 5.09. The van der Waals surface area contributed by atoms with E-state index in [1.807, 2.05) is 0 Å². The van der Waals surface area contributed by atoms with E-state index in [-0.39, 0.29) is 24.0 Å². The van der Waals surface area contributed by atoms with Crippen LogP contribution in [0.25, 0.3) is 0 Å². The first kappa shape index (κ1) is 20.3. The number of benzene rings is 4. The van der Waals surface area contributed by atoms with Gasteiger partial charge in [-0.25, -0.2) is 0 Å². The molecule has 2 heteroatoms. The van der Waals surface area contributed by atoms with Gasteiger partial charge in [-0.1, -0.05) is 97.1 Å². The molecule has 0 atom stereocenters. The highest BCUT2D eigenvalue weighted by Gasteiger charge is 2.34. The fourth-order valence-electron chi connectivity index (χ4n) is 3.79. The lowest BCUT2D eigenvalue weighted by atomic mass is 10.1. The maximum Gasteiger partial charge on any atom is 0.138 e. The van der Waals surface area contributed by atoms with Crippen molar-refractivity contribution >= 4 is 11.4 Å². The molecule has 0 aromatic heterocycles. The van der Waals surface area contributed by atoms with E-state index in [1.54, 1.807) is 0 Å². The Labute approximate surface area is 184 Å². The standard InChI is InChI=1S/C26H24N.HI/c1-5-13-23(14-6-1)21-27(25-17-9-3-10-18-25,26-19-11-4-12-20-26)22-24-15-7-2-8-16-24;/h1-20H,21-22H2;1H/q+1;/p-1. The van der Waals surface area contributed by atoms with Crippen LogP contribution >= 0.6 is 0 Å². The van der Waals surface area contributed by atoms with Gasteiger partial charge >= 0.3 is 0 Å². The number of rotatable bonds is 6. The summed E-state index contributed by atoms with van der Waals surface area (Å²) in [6.07, 6.45) is 0. The van der Waals surface area contributed by atoms with Gasteiger partial charge in [-0.2, -0.15) is 0 Å². The summed E-state index contributed by atoms with van der Waals surface area (Å²) in [6.45, 7) is 1.81. The normalized spacial score (nSPS) is 10.9. The quantitative estimate of drug-likeness (QED) is 0.293. The zero-order chi connectivity index (χ0) is 18.4. The van der Waals surface area contributed by atoms with Crippen LogP contribution in [-0.4, -0.2) is 0 Å². The van der Waals surface area contributed by atoms with Gasteiger partial charge in [-0.05, 0) is 24.3 Å². The van der Waals surface area contributed by atoms with Crippen molar-refractivity contribution in [3.8, 4) is 0 Å². The van der Waals surface area contributed by atoms with Crippen LogP contribution in [0, 0.1) is 0 Å². The van der Waals surface area contributed by atoms with Crippen molar-refractivity contribution in [3.63, 3.8) is 0 Å². The molecule has 4 rings (SSSR count). The lowest BCUT2D eigenvalue weighted by Gasteiger charge is -2.38. The highest BCUT2D eigenvalue weighted by Crippen LogP contribution is 2.38. The van der Waals surface area contributed by atoms with Gasteiger partial charge in [0.1, 0.15) is 24.5 Å². The Morgan fingerprint density at radius 1 is 0.393 bits per heavy atom. The van der Waals surface area contributed by atoms with Crippen molar-refractivity contribution < 1.29 is 24.0 Å². The molecule has 0 N–H and O–H groups in total. The highest BCUT2D eigenvalue weighted by molar-refractivity contribution is 5.59. The molecule has 0 saturated heterocycles. The molecule has 4 aromatic rings. The molecule has 0 saturated carbocycles. The van der Waals surface area contributed by atoms with E-state index >= 15 is 0 Å². The minimum atomic E-state index is 0. The van der Waals surface area contributed by atoms with Gasteiger partial charge in [-0.3, -0.25) is 4.48 Å². The first-order valence-corrected chi connectivity index (χ1v) is 9.43. The van der Waals surface area contributed by atoms with Crippen molar-refractivity contribution in [2.45, 2.75) is 13.1 Å². The monoisotopic (exact) mass is 477 g/mol. The van der Waals surface area contributed by atoms with Gasteiger partial charge in [-0.15, -0.1) is 0 Å². The molecule has 0 radical (unpaired) electrons. The highest BCUT2D eigenvalue weighted by atomic mass is 127. The smallest absolute Gasteiger partial charge is 0.138 e. The van der Waals surface area contributed by atoms with E-state index in [1.165, 1.54) is 22.5 Å². The largest absolute Gasteiger partial charge is 1.00 e. The lowest BCUT2D eigenvalue weighted by Crippen LogP contribution is -3.00. The summed E-state index contributed by atoms with van der Waals surface area (Å²) in [5.74, 6) is 0. The summed E-state index contributed by atoms with van der Waals surface area (Å²) in [5.41, 5.74) is 5.27. The fourth-order valence-corrected chi connectivity index (χ4v) is 3.79. The maximum absolute atomic E-state index is 2.25. The van der Waals surface area contributed by atoms with E-state index in [0.29, 0.717) is 0 Å². The van der Waals surface area contributed by atoms with Crippen molar-refractivity contribution in [1.29, 1.82) is 0 Å². The van der Waals surface area contributed by atoms with Gasteiger partial charge in [0, 0.05) is 11.1 Å². The third kappa shape index (κ3) is 4.51. The Hall–Kier alpha value is -2.43. The van der Waals surface area contributed by atoms with Crippen LogP contribution in [0.2, 0.25) is 0 Å². The van der Waals surface area contributed by atoms with E-state index in [4.69, 9.17) is 0 Å². The first-order valence-electron chi connectivity index (χ1n) is 9.43. The predicted molar refractivity (Wildman–Crippen MR) is 115 cm³/mol. The fraction of sp³-hybridized carbons (Fsp3) is 0.0769. The van der Waals surface area contributed by atoms with Gasteiger partial charge < -0.3 is 24.0 Å². The zero-order valence-electron chi connectivity index (χ0n) is 15.8. The molecule has 1 nitrogen and oxygen atoms in total. The molecule has 0 fully saturated rings. The molecule has 140 valence electrons. The number of para-hydroxylation sites is 2. The van der Waals surface area contributed by atoms with E-state index < -0.39 is 0 Å². The van der Waals surface area contributed by atoms with Gasteiger partial charge in [0.25, 0.3) is 0 Å². The van der Waals surface area contributed by atoms with Crippen LogP contribution in [0.1, 0.15) is 11.1 Å². The Morgan fingerprint density at radius 2 is 0.679 bits per heavy atom. The van der Waals surface area contributed by atoms with E-state index in [9.17, 15) is 0 Å². The Balaban J connectivity index is 0.00000225. The summed E-state index contributed by atoms with van der Waals surface area (Å²) in [4.78, 5) is 0. The van der Waals surface area contributed by atoms with Crippen molar-refractivity contribution in [2.24, 2.45) is 0 Å². The van der Waals surface area contributed by atoms with Crippen molar-refractivity contribution in [3.05, 3.63) is 132 Å². The summed E-state index contributed by atoms with van der Waals surface area (Å²) in [5, 5.41) is 0. The minimum absolute atomic E-state index is 0. The van der Waals surface area contributed by atoms with Crippen LogP contribution in [0.5, 0.6) is 0 Å². The molecule has 28 heavy (non-hydrogen) atoms. The third-order valence-corrected chi connectivity index (χ3v) is 5.09. The molecule has 0 aliphatic heterocycles. The first-order chi connectivity index (χ1) is 13.4. The molecule has 0 amide bonds. The molecule has 4 aromatic carbocycles. The lowest BCUT2D eigenvalue weighted by molar-refractivity contribution is -0.00000535. The molecule has 0 aliphatic rings. The average Bonchev–Trinajstić information content (AvgIpc) is 2.76. The number of hydrogen-bond donors (Lipinski definition) is 0. The minimum Gasteiger partial charge on any atom is -1.00 e. The summed E-state index contributed by atoms with van der Waals surface area (Å²) in [7, 11) is 0. The second kappa shape index (κ2) is 9.67. The predicted octanol–water partition coefficient (Wildman–Crippen LogP) is 3.73. The topological polar surface area (TPSA) is 0 Å². The van der Waals surface area contributed by atoms with Crippen LogP contribution in [0.3, 0.4) is 0 Å². The van der Waals surface area contributed by atoms with Crippen LogP contribution in [0.4, 0.5) is 11.4 Å². The zero-order valence-corrected chi connectivity index (χ0v) is 17.9. The molecule has 0 unspecified atom stereocenters. The summed E-state index contributed by atoms with van der Waals surface area (Å²) >= 11 is 0. The van der Waals surface area contributed by atoms with Crippen LogP contribution in [-0.2, 0) is 13.1 Å². The molecule has 0 aliphatic carbocycles. The molecule has 0 spiro atoms. The van der Waals surface area contributed by atoms with Gasteiger partial charge in [0.2, 0.25) is 0 Å². The van der Waals surface area contributed by atoms with Crippen molar-refractivity contribution in [1.82, 2.24) is 4.48 Å². The Kier molecular flexibility index (Phi) is 7.01. The number of nitrogens with zero attached hydrogens (tertiary/aromatic N) is 1. The Morgan fingerprint density at radius 3 is 1.00 bits per heavy atom. The SMILES string of the molecule is [I-].c1ccc(C[N+](Cc2ccccc2)(c2ccccc2)c2ccccc2)cc1. The second-order valence-electron chi connectivity index (χ2n) is 6.93. The van der Waals surface area contributed by atoms with Gasteiger partial charge in [0.15, 0.2) is 0 Å². The summed E-state index contributed by atoms with van der Waals surface area (Å²) in [6, 6.07) is 43.3. The van der Waals surface area contributed by atoms with Crippen molar-refractivity contribution in [2.75, 3.05) is 0 Å². The molecule has 0 heterocycles. The maximum atomic E-state index is 2.25. The number of halogens is 1. The average molecular weight is 477 g/mol. The number of hydrogen-bond acceptors (Lipinski definition) is 0. The summed E-state index contributed by atoms with van der Waals surface area (Å²) < 4.78 is 0.760. The van der Waals surface area contributed by atoms with Gasteiger partial charge in [0.05, 0.1) is 0 Å². The molecule has 0 bridgehead atoms. The Bertz CT molecular complexity index is 871. The second-order valence-corrected chi connectivity index (χ2v) is 6.93. The molecular formula is C26H24IN. The van der Waals surface area contributed by atoms with E-state index in [0.717, 1.165) is 17.6 Å². The van der Waals surface area contributed by atoms with Crippen LogP contribution in [0.15, 0.2) is 121 Å².